The van der Waals surface area contributed by atoms with Crippen molar-refractivity contribution in [3.63, 3.8) is 0 Å². The number of allylic oxidation sites excluding steroid dienone is 2. The van der Waals surface area contributed by atoms with Crippen LogP contribution in [0.25, 0.3) is 0 Å². The molecule has 0 heterocycles. The van der Waals surface area contributed by atoms with E-state index in [-0.39, 0.29) is 0 Å². The van der Waals surface area contributed by atoms with Crippen LogP contribution in [0.4, 0.5) is 0 Å². The third-order valence-corrected chi connectivity index (χ3v) is 2.07. The first-order chi connectivity index (χ1) is 6.63. The van der Waals surface area contributed by atoms with Gasteiger partial charge in [0.1, 0.15) is 0 Å². The van der Waals surface area contributed by atoms with E-state index in [0.717, 1.165) is 23.2 Å². The summed E-state index contributed by atoms with van der Waals surface area (Å²) >= 11 is 0. The van der Waals surface area contributed by atoms with Gasteiger partial charge < -0.3 is 11.1 Å². The molecule has 2 heteroatoms. The molecule has 0 amide bonds. The van der Waals surface area contributed by atoms with E-state index < -0.39 is 0 Å². The van der Waals surface area contributed by atoms with Gasteiger partial charge in [-0.25, -0.2) is 0 Å². The van der Waals surface area contributed by atoms with Crippen molar-refractivity contribution >= 4 is 5.71 Å². The molecule has 1 aromatic carbocycles. The van der Waals surface area contributed by atoms with Gasteiger partial charge in [-0.2, -0.15) is 0 Å². The zero-order valence-electron chi connectivity index (χ0n) is 8.67. The van der Waals surface area contributed by atoms with Crippen molar-refractivity contribution in [3.8, 4) is 0 Å². The van der Waals surface area contributed by atoms with Crippen LogP contribution in [0.2, 0.25) is 0 Å². The van der Waals surface area contributed by atoms with E-state index in [1.807, 2.05) is 38.1 Å². The highest BCUT2D eigenvalue weighted by Gasteiger charge is 1.98. The van der Waals surface area contributed by atoms with Gasteiger partial charge in [-0.1, -0.05) is 30.7 Å². The van der Waals surface area contributed by atoms with Crippen LogP contribution in [0, 0.1) is 12.3 Å². The minimum atomic E-state index is 0.480. The standard InChI is InChI=1S/C12H16N2/c1-3-11(13)8-12(14)10-6-4-5-9(2)7-10/h4-8,14H,3,13H2,1-2H3. The van der Waals surface area contributed by atoms with Crippen LogP contribution in [0.1, 0.15) is 24.5 Å². The summed E-state index contributed by atoms with van der Waals surface area (Å²) in [5.74, 6) is 0. The maximum Gasteiger partial charge on any atom is 0.0629 e. The Morgan fingerprint density at radius 1 is 1.50 bits per heavy atom. The average molecular weight is 188 g/mol. The molecule has 0 aromatic heterocycles. The summed E-state index contributed by atoms with van der Waals surface area (Å²) in [6.07, 6.45) is 2.50. The van der Waals surface area contributed by atoms with Gasteiger partial charge in [0.25, 0.3) is 0 Å². The first-order valence-corrected chi connectivity index (χ1v) is 4.75. The van der Waals surface area contributed by atoms with Gasteiger partial charge in [-0.05, 0) is 31.1 Å². The van der Waals surface area contributed by atoms with E-state index in [4.69, 9.17) is 11.1 Å². The monoisotopic (exact) mass is 188 g/mol. The third kappa shape index (κ3) is 2.73. The molecule has 0 aliphatic rings. The molecule has 0 radical (unpaired) electrons. The number of hydrogen-bond acceptors (Lipinski definition) is 2. The summed E-state index contributed by atoms with van der Waals surface area (Å²) in [6.45, 7) is 4.00. The predicted octanol–water partition coefficient (Wildman–Crippen LogP) is 2.62. The molecule has 1 rings (SSSR count). The quantitative estimate of drug-likeness (QED) is 0.704. The van der Waals surface area contributed by atoms with Gasteiger partial charge in [-0.3, -0.25) is 0 Å². The highest BCUT2D eigenvalue weighted by molar-refractivity contribution is 6.06. The van der Waals surface area contributed by atoms with Crippen LogP contribution in [0.15, 0.2) is 36.0 Å². The highest BCUT2D eigenvalue weighted by atomic mass is 14.6. The normalized spacial score (nSPS) is 11.4. The number of nitrogens with one attached hydrogen (secondary N) is 1. The molecule has 74 valence electrons. The molecule has 14 heavy (non-hydrogen) atoms. The maximum atomic E-state index is 7.80. The fraction of sp³-hybridized carbons (Fsp3) is 0.250. The van der Waals surface area contributed by atoms with Crippen molar-refractivity contribution < 1.29 is 0 Å². The van der Waals surface area contributed by atoms with Crippen molar-refractivity contribution in [2.75, 3.05) is 0 Å². The molecule has 0 unspecified atom stereocenters. The molecule has 0 aliphatic heterocycles. The maximum absolute atomic E-state index is 7.80. The molecule has 3 N–H and O–H groups in total. The van der Waals surface area contributed by atoms with Gasteiger partial charge in [0.2, 0.25) is 0 Å². The zero-order chi connectivity index (χ0) is 10.6. The lowest BCUT2D eigenvalue weighted by molar-refractivity contribution is 1.07. The van der Waals surface area contributed by atoms with Gasteiger partial charge in [0.15, 0.2) is 0 Å². The Morgan fingerprint density at radius 3 is 2.79 bits per heavy atom. The van der Waals surface area contributed by atoms with Crippen LogP contribution in [0.5, 0.6) is 0 Å². The minimum absolute atomic E-state index is 0.480. The van der Waals surface area contributed by atoms with Gasteiger partial charge in [0, 0.05) is 5.70 Å². The van der Waals surface area contributed by atoms with E-state index in [2.05, 4.69) is 0 Å². The molecule has 0 bridgehead atoms. The molecule has 1 aromatic rings. The van der Waals surface area contributed by atoms with Crippen LogP contribution in [0.3, 0.4) is 0 Å². The van der Waals surface area contributed by atoms with Gasteiger partial charge in [0.05, 0.1) is 5.71 Å². The van der Waals surface area contributed by atoms with Crippen LogP contribution in [-0.2, 0) is 0 Å². The number of hydrogen-bond donors (Lipinski definition) is 2. The Morgan fingerprint density at radius 2 is 2.21 bits per heavy atom. The summed E-state index contributed by atoms with van der Waals surface area (Å²) in [5.41, 5.74) is 8.98. The molecular weight excluding hydrogens is 172 g/mol. The Bertz CT molecular complexity index is 364. The lowest BCUT2D eigenvalue weighted by Gasteiger charge is -2.01. The predicted molar refractivity (Wildman–Crippen MR) is 60.6 cm³/mol. The van der Waals surface area contributed by atoms with E-state index >= 15 is 0 Å². The summed E-state index contributed by atoms with van der Waals surface area (Å²) in [7, 11) is 0. The topological polar surface area (TPSA) is 49.9 Å². The summed E-state index contributed by atoms with van der Waals surface area (Å²) < 4.78 is 0. The Labute approximate surface area is 85.0 Å². The van der Waals surface area contributed by atoms with Gasteiger partial charge in [-0.15, -0.1) is 0 Å². The fourth-order valence-electron chi connectivity index (χ4n) is 1.18. The molecule has 0 spiro atoms. The van der Waals surface area contributed by atoms with Crippen molar-refractivity contribution in [3.05, 3.63) is 47.2 Å². The third-order valence-electron chi connectivity index (χ3n) is 2.07. The number of nitrogens with two attached hydrogens (primary N) is 1. The molecule has 0 saturated carbocycles. The Kier molecular flexibility index (Phi) is 3.46. The van der Waals surface area contributed by atoms with Crippen LogP contribution in [-0.4, -0.2) is 5.71 Å². The molecule has 0 aliphatic carbocycles. The second-order valence-electron chi connectivity index (χ2n) is 3.36. The molecule has 0 atom stereocenters. The second-order valence-corrected chi connectivity index (χ2v) is 3.36. The summed E-state index contributed by atoms with van der Waals surface area (Å²) in [4.78, 5) is 0. The lowest BCUT2D eigenvalue weighted by atomic mass is 10.1. The average Bonchev–Trinajstić information content (AvgIpc) is 2.17. The first kappa shape index (κ1) is 10.5. The SMILES string of the molecule is CCC(N)=CC(=N)c1cccc(C)c1. The van der Waals surface area contributed by atoms with Crippen molar-refractivity contribution in [2.24, 2.45) is 5.73 Å². The van der Waals surface area contributed by atoms with Gasteiger partial charge >= 0.3 is 0 Å². The molecule has 0 saturated heterocycles. The smallest absolute Gasteiger partial charge is 0.0629 e. The summed E-state index contributed by atoms with van der Waals surface area (Å²) in [6, 6.07) is 7.88. The van der Waals surface area contributed by atoms with Crippen molar-refractivity contribution in [1.29, 1.82) is 5.41 Å². The fourth-order valence-corrected chi connectivity index (χ4v) is 1.18. The largest absolute Gasteiger partial charge is 0.402 e. The van der Waals surface area contributed by atoms with E-state index in [1.165, 1.54) is 0 Å². The highest BCUT2D eigenvalue weighted by Crippen LogP contribution is 2.06. The lowest BCUT2D eigenvalue weighted by Crippen LogP contribution is -2.02. The number of rotatable bonds is 3. The van der Waals surface area contributed by atoms with Crippen molar-refractivity contribution in [2.45, 2.75) is 20.3 Å². The number of benzene rings is 1. The Balaban J connectivity index is 2.90. The van der Waals surface area contributed by atoms with E-state index in [9.17, 15) is 0 Å². The van der Waals surface area contributed by atoms with Crippen LogP contribution >= 0.6 is 0 Å². The Hall–Kier alpha value is -1.57. The van der Waals surface area contributed by atoms with E-state index in [0.29, 0.717) is 5.71 Å². The summed E-state index contributed by atoms with van der Waals surface area (Å²) in [5, 5.41) is 7.80. The van der Waals surface area contributed by atoms with Crippen LogP contribution < -0.4 is 5.73 Å². The molecular formula is C12H16N2. The number of aryl methyl sites for hydroxylation is 1. The van der Waals surface area contributed by atoms with E-state index in [1.54, 1.807) is 6.08 Å². The van der Waals surface area contributed by atoms with Crippen molar-refractivity contribution in [1.82, 2.24) is 0 Å². The minimum Gasteiger partial charge on any atom is -0.402 e. The first-order valence-electron chi connectivity index (χ1n) is 4.75. The second kappa shape index (κ2) is 4.61. The molecule has 2 nitrogen and oxygen atoms in total. The molecule has 0 fully saturated rings. The zero-order valence-corrected chi connectivity index (χ0v) is 8.67.